The minimum Gasteiger partial charge on any atom is -0.392 e. The van der Waals surface area contributed by atoms with Gasteiger partial charge in [-0.05, 0) is 31.5 Å². The highest BCUT2D eigenvalue weighted by Crippen LogP contribution is 2.29. The fourth-order valence-corrected chi connectivity index (χ4v) is 4.54. The molecule has 0 saturated heterocycles. The quantitative estimate of drug-likeness (QED) is 0.349. The molecule has 0 amide bonds. The van der Waals surface area contributed by atoms with Gasteiger partial charge < -0.3 is 14.9 Å². The second-order valence-corrected chi connectivity index (χ2v) is 10.8. The molecule has 4 aromatic rings. The van der Waals surface area contributed by atoms with Crippen LogP contribution >= 0.6 is 0 Å². The van der Waals surface area contributed by atoms with Crippen LogP contribution < -0.4 is 5.32 Å². The second kappa shape index (κ2) is 11.0. The number of nitrogens with one attached hydrogen (secondary N) is 1. The zero-order chi connectivity index (χ0) is 24.9. The second-order valence-electron chi connectivity index (χ2n) is 8.81. The Kier molecular flexibility index (Phi) is 7.85. The molecule has 2 aromatic carbocycles. The van der Waals surface area contributed by atoms with Gasteiger partial charge >= 0.3 is 0 Å². The van der Waals surface area contributed by atoms with Gasteiger partial charge in [0.15, 0.2) is 5.76 Å². The molecule has 0 bridgehead atoms. The van der Waals surface area contributed by atoms with E-state index in [-0.39, 0.29) is 11.4 Å². The average molecular weight is 491 g/mol. The summed E-state index contributed by atoms with van der Waals surface area (Å²) in [6.45, 7) is 8.77. The fourth-order valence-electron chi connectivity index (χ4n) is 3.60. The molecule has 4 rings (SSSR count). The van der Waals surface area contributed by atoms with E-state index in [1.165, 1.54) is 0 Å². The van der Waals surface area contributed by atoms with Crippen molar-refractivity contribution >= 4 is 10.8 Å². The van der Waals surface area contributed by atoms with Crippen LogP contribution in [0.5, 0.6) is 0 Å². The minimum absolute atomic E-state index is 0.0650. The first kappa shape index (κ1) is 24.9. The summed E-state index contributed by atoms with van der Waals surface area (Å²) in [5.74, 6) is 0.548. The van der Waals surface area contributed by atoms with Crippen molar-refractivity contribution in [2.75, 3.05) is 6.54 Å². The highest BCUT2D eigenvalue weighted by molar-refractivity contribution is 7.85. The third-order valence-corrected chi connectivity index (χ3v) is 7.12. The maximum atomic E-state index is 12.3. The first-order valence-corrected chi connectivity index (χ1v) is 12.8. The summed E-state index contributed by atoms with van der Waals surface area (Å²) in [5, 5.41) is 16.9. The van der Waals surface area contributed by atoms with E-state index in [1.807, 2.05) is 75.4 Å². The molecule has 35 heavy (non-hydrogen) atoms. The number of aromatic nitrogens is 3. The van der Waals surface area contributed by atoms with Crippen LogP contribution in [0.1, 0.15) is 32.0 Å². The molecular weight excluding hydrogens is 460 g/mol. The maximum absolute atomic E-state index is 12.3. The van der Waals surface area contributed by atoms with Crippen molar-refractivity contribution in [2.24, 2.45) is 0 Å². The molecule has 2 heterocycles. The molecule has 0 aliphatic heterocycles. The molecule has 0 fully saturated rings. The van der Waals surface area contributed by atoms with Crippen molar-refractivity contribution in [3.05, 3.63) is 72.1 Å². The summed E-state index contributed by atoms with van der Waals surface area (Å²) >= 11 is 0. The molecule has 2 unspecified atom stereocenters. The topological polar surface area (TPSA) is 101 Å². The van der Waals surface area contributed by atoms with E-state index in [2.05, 4.69) is 15.5 Å². The predicted octanol–water partition coefficient (Wildman–Crippen LogP) is 4.76. The summed E-state index contributed by atoms with van der Waals surface area (Å²) < 4.78 is 18.0. The van der Waals surface area contributed by atoms with Crippen molar-refractivity contribution in [2.45, 2.75) is 50.5 Å². The van der Waals surface area contributed by atoms with Crippen molar-refractivity contribution < 1.29 is 13.8 Å². The molecule has 7 nitrogen and oxygen atoms in total. The van der Waals surface area contributed by atoms with Gasteiger partial charge in [-0.3, -0.25) is 9.19 Å². The van der Waals surface area contributed by atoms with Crippen molar-refractivity contribution in [1.82, 2.24) is 20.4 Å². The molecule has 2 atom stereocenters. The van der Waals surface area contributed by atoms with Crippen LogP contribution in [0.15, 0.2) is 70.2 Å². The largest absolute Gasteiger partial charge is 0.392 e. The molecule has 8 heteroatoms. The lowest BCUT2D eigenvalue weighted by Crippen LogP contribution is -2.23. The normalized spacial score (nSPS) is 13.2. The Morgan fingerprint density at radius 3 is 2.31 bits per heavy atom. The number of aliphatic hydroxyl groups excluding tert-OH is 1. The van der Waals surface area contributed by atoms with Gasteiger partial charge in [-0.2, -0.15) is 0 Å². The van der Waals surface area contributed by atoms with Gasteiger partial charge in [0.2, 0.25) is 0 Å². The molecule has 0 aliphatic carbocycles. The van der Waals surface area contributed by atoms with Gasteiger partial charge in [-0.15, -0.1) is 0 Å². The zero-order valence-electron chi connectivity index (χ0n) is 20.4. The van der Waals surface area contributed by atoms with Gasteiger partial charge in [-0.1, -0.05) is 55.4 Å². The highest BCUT2D eigenvalue weighted by Gasteiger charge is 2.15. The predicted molar refractivity (Wildman–Crippen MR) is 138 cm³/mol. The summed E-state index contributed by atoms with van der Waals surface area (Å²) in [6.07, 6.45) is 1.36. The van der Waals surface area contributed by atoms with E-state index in [4.69, 9.17) is 9.51 Å². The minimum atomic E-state index is -1.03. The molecule has 0 aliphatic rings. The lowest BCUT2D eigenvalue weighted by molar-refractivity contribution is 0.191. The monoisotopic (exact) mass is 490 g/mol. The van der Waals surface area contributed by atoms with E-state index in [1.54, 1.807) is 13.1 Å². The van der Waals surface area contributed by atoms with Gasteiger partial charge in [0.1, 0.15) is 11.4 Å². The Hall–Kier alpha value is -3.20. The van der Waals surface area contributed by atoms with E-state index in [0.717, 1.165) is 33.0 Å². The first-order valence-electron chi connectivity index (χ1n) is 11.6. The number of aliphatic hydroxyl groups is 1. The highest BCUT2D eigenvalue weighted by atomic mass is 32.2. The molecule has 2 N–H and O–H groups in total. The summed E-state index contributed by atoms with van der Waals surface area (Å²) in [6, 6.07) is 17.5. The number of nitrogens with zero attached hydrogens (tertiary/aromatic N) is 3. The average Bonchev–Trinajstić information content (AvgIpc) is 3.34. The van der Waals surface area contributed by atoms with Crippen LogP contribution in [0.2, 0.25) is 0 Å². The third kappa shape index (κ3) is 6.08. The Bertz CT molecular complexity index is 1300. The molecule has 2 aromatic heterocycles. The SMILES string of the molecule is Cc1ncc(-c2ccc(S(=O)C(C)C)cc2)nc1-c1cc(-c2ccc(CNCC(C)O)cc2)no1. The van der Waals surface area contributed by atoms with Crippen LogP contribution in [0.25, 0.3) is 34.0 Å². The van der Waals surface area contributed by atoms with Crippen LogP contribution in [0.3, 0.4) is 0 Å². The number of benzene rings is 2. The number of hydrogen-bond acceptors (Lipinski definition) is 7. The van der Waals surface area contributed by atoms with Gasteiger partial charge in [-0.25, -0.2) is 4.98 Å². The zero-order valence-corrected chi connectivity index (χ0v) is 21.2. The molecule has 182 valence electrons. The standard InChI is InChI=1S/C27H30N4O3S/c1-17(2)35(33)23-11-9-22(10-12-23)25-16-29-19(4)27(30-25)26-13-24(31-34-26)21-7-5-20(6-8-21)15-28-14-18(3)32/h5-13,16-18,28,32H,14-15H2,1-4H3. The van der Waals surface area contributed by atoms with Crippen LogP contribution in [-0.4, -0.2) is 42.3 Å². The van der Waals surface area contributed by atoms with Gasteiger partial charge in [0.05, 0.1) is 34.5 Å². The van der Waals surface area contributed by atoms with Crippen LogP contribution in [0.4, 0.5) is 0 Å². The van der Waals surface area contributed by atoms with E-state index in [9.17, 15) is 9.32 Å². The smallest absolute Gasteiger partial charge is 0.187 e. The lowest BCUT2D eigenvalue weighted by atomic mass is 10.1. The van der Waals surface area contributed by atoms with E-state index in [0.29, 0.717) is 30.2 Å². The Labute approximate surface area is 208 Å². The van der Waals surface area contributed by atoms with Crippen molar-refractivity contribution in [3.8, 4) is 34.0 Å². The summed E-state index contributed by atoms with van der Waals surface area (Å²) in [7, 11) is -1.03. The van der Waals surface area contributed by atoms with Gasteiger partial charge in [0, 0.05) is 40.4 Å². The summed E-state index contributed by atoms with van der Waals surface area (Å²) in [5.41, 5.74) is 5.76. The Balaban J connectivity index is 1.53. The van der Waals surface area contributed by atoms with Crippen molar-refractivity contribution in [1.29, 1.82) is 0 Å². The maximum Gasteiger partial charge on any atom is 0.187 e. The lowest BCUT2D eigenvalue weighted by Gasteiger charge is -2.08. The van der Waals surface area contributed by atoms with Crippen LogP contribution in [-0.2, 0) is 17.3 Å². The summed E-state index contributed by atoms with van der Waals surface area (Å²) in [4.78, 5) is 10.1. The Morgan fingerprint density at radius 1 is 1.00 bits per heavy atom. The van der Waals surface area contributed by atoms with E-state index >= 15 is 0 Å². The fraction of sp³-hybridized carbons (Fsp3) is 0.296. The molecule has 0 spiro atoms. The number of aryl methyl sites for hydroxylation is 1. The van der Waals surface area contributed by atoms with Crippen LogP contribution in [0, 0.1) is 6.92 Å². The van der Waals surface area contributed by atoms with Crippen molar-refractivity contribution in [3.63, 3.8) is 0 Å². The number of rotatable bonds is 9. The molecule has 0 saturated carbocycles. The van der Waals surface area contributed by atoms with E-state index < -0.39 is 10.8 Å². The third-order valence-electron chi connectivity index (χ3n) is 5.53. The van der Waals surface area contributed by atoms with Gasteiger partial charge in [0.25, 0.3) is 0 Å². The molecule has 0 radical (unpaired) electrons. The first-order chi connectivity index (χ1) is 16.8. The number of hydrogen-bond donors (Lipinski definition) is 2. The Morgan fingerprint density at radius 2 is 1.66 bits per heavy atom. The molecular formula is C27H30N4O3S.